The van der Waals surface area contributed by atoms with Crippen LogP contribution in [0.5, 0.6) is 11.5 Å². The first-order valence-corrected chi connectivity index (χ1v) is 4.01. The molecule has 0 aliphatic heterocycles. The van der Waals surface area contributed by atoms with Gasteiger partial charge in [0.2, 0.25) is 0 Å². The SMILES string of the molecule is NCCC(F)c1ccc(O)c(O)c1. The molecule has 1 aromatic rings. The predicted octanol–water partition coefficient (Wildman–Crippen LogP) is 1.46. The number of hydrogen-bond acceptors (Lipinski definition) is 3. The first kappa shape index (κ1) is 9.80. The highest BCUT2D eigenvalue weighted by Crippen LogP contribution is 2.30. The minimum atomic E-state index is -1.18. The highest BCUT2D eigenvalue weighted by Gasteiger charge is 2.10. The zero-order valence-electron chi connectivity index (χ0n) is 7.07. The number of halogens is 1. The minimum absolute atomic E-state index is 0.213. The standard InChI is InChI=1S/C9H12FNO2/c10-7(3-4-11)6-1-2-8(12)9(13)5-6/h1-2,5,7,12-13H,3-4,11H2. The quantitative estimate of drug-likeness (QED) is 0.624. The third-order valence-electron chi connectivity index (χ3n) is 1.78. The van der Waals surface area contributed by atoms with Gasteiger partial charge in [-0.25, -0.2) is 4.39 Å². The molecule has 0 bridgehead atoms. The number of phenols is 2. The summed E-state index contributed by atoms with van der Waals surface area (Å²) >= 11 is 0. The molecule has 4 N–H and O–H groups in total. The Kier molecular flexibility index (Phi) is 3.08. The lowest BCUT2D eigenvalue weighted by Gasteiger charge is -2.07. The zero-order valence-corrected chi connectivity index (χ0v) is 7.07. The summed E-state index contributed by atoms with van der Waals surface area (Å²) in [5.74, 6) is -0.555. The van der Waals surface area contributed by atoms with Crippen LogP contribution in [0.3, 0.4) is 0 Å². The van der Waals surface area contributed by atoms with Crippen LogP contribution in [0.2, 0.25) is 0 Å². The van der Waals surface area contributed by atoms with E-state index < -0.39 is 6.17 Å². The minimum Gasteiger partial charge on any atom is -0.504 e. The van der Waals surface area contributed by atoms with Crippen LogP contribution in [0.1, 0.15) is 18.2 Å². The van der Waals surface area contributed by atoms with Crippen molar-refractivity contribution < 1.29 is 14.6 Å². The van der Waals surface area contributed by atoms with Crippen LogP contribution in [0.4, 0.5) is 4.39 Å². The topological polar surface area (TPSA) is 66.5 Å². The van der Waals surface area contributed by atoms with E-state index in [-0.39, 0.29) is 24.5 Å². The van der Waals surface area contributed by atoms with E-state index in [4.69, 9.17) is 15.9 Å². The summed E-state index contributed by atoms with van der Waals surface area (Å²) in [6.07, 6.45) is -0.971. The normalized spacial score (nSPS) is 12.8. The predicted molar refractivity (Wildman–Crippen MR) is 47.3 cm³/mol. The number of benzene rings is 1. The van der Waals surface area contributed by atoms with Gasteiger partial charge in [0.1, 0.15) is 6.17 Å². The molecule has 0 fully saturated rings. The lowest BCUT2D eigenvalue weighted by molar-refractivity contribution is 0.325. The molecule has 1 aromatic carbocycles. The Hall–Kier alpha value is -1.29. The van der Waals surface area contributed by atoms with E-state index in [2.05, 4.69) is 0 Å². The molecule has 0 amide bonds. The molecule has 0 aliphatic rings. The molecule has 0 aromatic heterocycles. The molecule has 0 saturated heterocycles. The molecule has 0 radical (unpaired) electrons. The van der Waals surface area contributed by atoms with Gasteiger partial charge >= 0.3 is 0 Å². The maximum absolute atomic E-state index is 13.2. The monoisotopic (exact) mass is 185 g/mol. The second kappa shape index (κ2) is 4.09. The van der Waals surface area contributed by atoms with Crippen molar-refractivity contribution in [3.63, 3.8) is 0 Å². The number of aromatic hydroxyl groups is 2. The van der Waals surface area contributed by atoms with Gasteiger partial charge < -0.3 is 15.9 Å². The van der Waals surface area contributed by atoms with Gasteiger partial charge in [-0.3, -0.25) is 0 Å². The fourth-order valence-corrected chi connectivity index (χ4v) is 1.05. The molecule has 72 valence electrons. The van der Waals surface area contributed by atoms with E-state index in [9.17, 15) is 4.39 Å². The zero-order chi connectivity index (χ0) is 9.84. The average molecular weight is 185 g/mol. The number of hydrogen-bond donors (Lipinski definition) is 3. The number of alkyl halides is 1. The van der Waals surface area contributed by atoms with E-state index in [1.165, 1.54) is 18.2 Å². The lowest BCUT2D eigenvalue weighted by Crippen LogP contribution is -2.03. The van der Waals surface area contributed by atoms with Gasteiger partial charge in [-0.05, 0) is 30.7 Å². The number of rotatable bonds is 3. The number of phenolic OH excluding ortho intramolecular Hbond substituents is 2. The van der Waals surface area contributed by atoms with Crippen molar-refractivity contribution in [3.8, 4) is 11.5 Å². The summed E-state index contributed by atoms with van der Waals surface area (Å²) < 4.78 is 13.2. The van der Waals surface area contributed by atoms with Gasteiger partial charge in [-0.1, -0.05) is 6.07 Å². The van der Waals surface area contributed by atoms with Gasteiger partial charge in [0.05, 0.1) is 0 Å². The molecule has 13 heavy (non-hydrogen) atoms. The smallest absolute Gasteiger partial charge is 0.157 e. The van der Waals surface area contributed by atoms with Crippen LogP contribution in [-0.2, 0) is 0 Å². The second-order valence-electron chi connectivity index (χ2n) is 2.79. The van der Waals surface area contributed by atoms with Crippen molar-refractivity contribution in [1.29, 1.82) is 0 Å². The largest absolute Gasteiger partial charge is 0.504 e. The molecule has 0 aliphatic carbocycles. The Bertz CT molecular complexity index is 291. The molecule has 1 unspecified atom stereocenters. The van der Waals surface area contributed by atoms with Crippen LogP contribution in [0, 0.1) is 0 Å². The van der Waals surface area contributed by atoms with Crippen LogP contribution < -0.4 is 5.73 Å². The highest BCUT2D eigenvalue weighted by molar-refractivity contribution is 5.41. The number of nitrogens with two attached hydrogens (primary N) is 1. The van der Waals surface area contributed by atoms with Crippen LogP contribution in [-0.4, -0.2) is 16.8 Å². The van der Waals surface area contributed by atoms with E-state index >= 15 is 0 Å². The fraction of sp³-hybridized carbons (Fsp3) is 0.333. The Balaban J connectivity index is 2.84. The molecule has 1 atom stereocenters. The van der Waals surface area contributed by atoms with Gasteiger partial charge in [-0.2, -0.15) is 0 Å². The van der Waals surface area contributed by atoms with Crippen molar-refractivity contribution in [1.82, 2.24) is 0 Å². The maximum atomic E-state index is 13.2. The molecule has 3 nitrogen and oxygen atoms in total. The van der Waals surface area contributed by atoms with E-state index in [0.717, 1.165) is 0 Å². The summed E-state index contributed by atoms with van der Waals surface area (Å²) in [4.78, 5) is 0. The first-order chi connectivity index (χ1) is 6.15. The molecule has 0 heterocycles. The van der Waals surface area contributed by atoms with Crippen molar-refractivity contribution in [3.05, 3.63) is 23.8 Å². The molecule has 0 saturated carbocycles. The van der Waals surface area contributed by atoms with Gasteiger partial charge in [-0.15, -0.1) is 0 Å². The van der Waals surface area contributed by atoms with Gasteiger partial charge in [0, 0.05) is 0 Å². The van der Waals surface area contributed by atoms with Crippen LogP contribution >= 0.6 is 0 Å². The van der Waals surface area contributed by atoms with Crippen molar-refractivity contribution >= 4 is 0 Å². The molecule has 0 spiro atoms. The Morgan fingerprint density at radius 3 is 2.54 bits per heavy atom. The van der Waals surface area contributed by atoms with Crippen molar-refractivity contribution in [2.75, 3.05) is 6.54 Å². The van der Waals surface area contributed by atoms with E-state index in [1.54, 1.807) is 0 Å². The Labute approximate surface area is 75.6 Å². The molecular weight excluding hydrogens is 173 g/mol. The highest BCUT2D eigenvalue weighted by atomic mass is 19.1. The summed E-state index contributed by atoms with van der Waals surface area (Å²) in [7, 11) is 0. The fourth-order valence-electron chi connectivity index (χ4n) is 1.05. The van der Waals surface area contributed by atoms with E-state index in [0.29, 0.717) is 5.56 Å². The maximum Gasteiger partial charge on any atom is 0.157 e. The molecular formula is C9H12FNO2. The summed E-state index contributed by atoms with van der Waals surface area (Å²) in [6, 6.07) is 3.89. The van der Waals surface area contributed by atoms with Crippen LogP contribution in [0.15, 0.2) is 18.2 Å². The van der Waals surface area contributed by atoms with Crippen LogP contribution in [0.25, 0.3) is 0 Å². The second-order valence-corrected chi connectivity index (χ2v) is 2.79. The van der Waals surface area contributed by atoms with Gasteiger partial charge in [0.25, 0.3) is 0 Å². The van der Waals surface area contributed by atoms with E-state index in [1.807, 2.05) is 0 Å². The van der Waals surface area contributed by atoms with Crippen molar-refractivity contribution in [2.24, 2.45) is 5.73 Å². The third kappa shape index (κ3) is 2.32. The summed E-state index contributed by atoms with van der Waals surface area (Å²) in [6.45, 7) is 0.253. The summed E-state index contributed by atoms with van der Waals surface area (Å²) in [5.41, 5.74) is 5.52. The van der Waals surface area contributed by atoms with Crippen molar-refractivity contribution in [2.45, 2.75) is 12.6 Å². The third-order valence-corrected chi connectivity index (χ3v) is 1.78. The Morgan fingerprint density at radius 1 is 1.31 bits per heavy atom. The lowest BCUT2D eigenvalue weighted by atomic mass is 10.1. The van der Waals surface area contributed by atoms with Gasteiger partial charge in [0.15, 0.2) is 11.5 Å². The molecule has 1 rings (SSSR count). The summed E-state index contributed by atoms with van der Waals surface area (Å²) in [5, 5.41) is 18.0. The average Bonchev–Trinajstić information content (AvgIpc) is 2.10. The molecule has 4 heteroatoms. The first-order valence-electron chi connectivity index (χ1n) is 4.01. The Morgan fingerprint density at radius 2 is 2.00 bits per heavy atom.